The van der Waals surface area contributed by atoms with E-state index in [0.717, 1.165) is 67.4 Å². The van der Waals surface area contributed by atoms with Crippen molar-refractivity contribution in [2.45, 2.75) is 19.3 Å². The molecule has 0 spiro atoms. The van der Waals surface area contributed by atoms with Crippen molar-refractivity contribution in [3.63, 3.8) is 0 Å². The number of nitrogens with zero attached hydrogens (tertiary/aromatic N) is 4. The molecule has 1 amide bonds. The molecule has 0 radical (unpaired) electrons. The van der Waals surface area contributed by atoms with E-state index in [1.54, 1.807) is 11.3 Å². The number of carbonyl (C=O) groups is 1. The van der Waals surface area contributed by atoms with E-state index < -0.39 is 0 Å². The van der Waals surface area contributed by atoms with E-state index in [1.165, 1.54) is 0 Å². The van der Waals surface area contributed by atoms with E-state index in [0.29, 0.717) is 18.1 Å². The first-order valence-electron chi connectivity index (χ1n) is 10.7. The second-order valence-corrected chi connectivity index (χ2v) is 8.47. The number of ether oxygens (including phenoxy) is 1. The second-order valence-electron chi connectivity index (χ2n) is 7.69. The van der Waals surface area contributed by atoms with Gasteiger partial charge in [0.05, 0.1) is 24.2 Å². The van der Waals surface area contributed by atoms with Crippen LogP contribution in [-0.2, 0) is 22.4 Å². The molecular formula is C22H24N6O3S. The zero-order chi connectivity index (χ0) is 21.8. The molecule has 4 aromatic rings. The van der Waals surface area contributed by atoms with Gasteiger partial charge in [-0.15, -0.1) is 0 Å². The number of anilines is 1. The smallest absolute Gasteiger partial charge is 0.227 e. The van der Waals surface area contributed by atoms with Crippen LogP contribution < -0.4 is 5.32 Å². The summed E-state index contributed by atoms with van der Waals surface area (Å²) in [6.07, 6.45) is 1.51. The normalized spacial score (nSPS) is 14.8. The van der Waals surface area contributed by atoms with Gasteiger partial charge in [-0.2, -0.15) is 16.3 Å². The minimum absolute atomic E-state index is 0.105. The Labute approximate surface area is 188 Å². The number of nitrogens with one attached hydrogen (secondary N) is 2. The van der Waals surface area contributed by atoms with Gasteiger partial charge in [0.25, 0.3) is 0 Å². The second kappa shape index (κ2) is 9.60. The predicted molar refractivity (Wildman–Crippen MR) is 122 cm³/mol. The third-order valence-electron chi connectivity index (χ3n) is 5.40. The minimum atomic E-state index is -0.105. The van der Waals surface area contributed by atoms with Crippen LogP contribution in [0.5, 0.6) is 0 Å². The number of morpholine rings is 1. The van der Waals surface area contributed by atoms with Crippen LogP contribution in [-0.4, -0.2) is 63.8 Å². The lowest BCUT2D eigenvalue weighted by Crippen LogP contribution is -2.37. The van der Waals surface area contributed by atoms with Crippen LogP contribution in [0.25, 0.3) is 22.4 Å². The monoisotopic (exact) mass is 452 g/mol. The summed E-state index contributed by atoms with van der Waals surface area (Å²) in [4.78, 5) is 27.2. The number of imidazole rings is 1. The molecule has 3 aromatic heterocycles. The molecule has 10 heteroatoms. The van der Waals surface area contributed by atoms with Crippen LogP contribution in [0.15, 0.2) is 39.5 Å². The molecule has 1 fully saturated rings. The molecule has 0 aliphatic carbocycles. The van der Waals surface area contributed by atoms with E-state index in [9.17, 15) is 4.79 Å². The molecule has 0 unspecified atom stereocenters. The highest BCUT2D eigenvalue weighted by Gasteiger charge is 2.13. The van der Waals surface area contributed by atoms with Crippen molar-refractivity contribution in [3.8, 4) is 11.4 Å². The molecule has 1 aliphatic heterocycles. The maximum absolute atomic E-state index is 12.4. The molecule has 2 N–H and O–H groups in total. The summed E-state index contributed by atoms with van der Waals surface area (Å²) in [6.45, 7) is 4.48. The van der Waals surface area contributed by atoms with Gasteiger partial charge in [0.1, 0.15) is 5.82 Å². The Morgan fingerprint density at radius 3 is 2.94 bits per heavy atom. The highest BCUT2D eigenvalue weighted by atomic mass is 32.1. The van der Waals surface area contributed by atoms with Gasteiger partial charge < -0.3 is 19.6 Å². The summed E-state index contributed by atoms with van der Waals surface area (Å²) in [6, 6.07) is 7.64. The number of carbonyl (C=O) groups excluding carboxylic acids is 1. The quantitative estimate of drug-likeness (QED) is 0.423. The highest BCUT2D eigenvalue weighted by Crippen LogP contribution is 2.20. The van der Waals surface area contributed by atoms with Gasteiger partial charge in [0.2, 0.25) is 17.6 Å². The maximum Gasteiger partial charge on any atom is 0.227 e. The maximum atomic E-state index is 12.4. The van der Waals surface area contributed by atoms with Gasteiger partial charge >= 0.3 is 0 Å². The van der Waals surface area contributed by atoms with Crippen molar-refractivity contribution in [2.75, 3.05) is 38.2 Å². The van der Waals surface area contributed by atoms with Crippen molar-refractivity contribution in [3.05, 3.63) is 46.7 Å². The first kappa shape index (κ1) is 20.8. The average Bonchev–Trinajstić information content (AvgIpc) is 3.57. The molecule has 32 heavy (non-hydrogen) atoms. The Hall–Kier alpha value is -3.08. The Kier molecular flexibility index (Phi) is 6.24. The third-order valence-corrected chi connectivity index (χ3v) is 6.08. The van der Waals surface area contributed by atoms with Crippen LogP contribution in [0.3, 0.4) is 0 Å². The number of aromatic amines is 1. The van der Waals surface area contributed by atoms with Crippen LogP contribution in [0, 0.1) is 0 Å². The van der Waals surface area contributed by atoms with Crippen molar-refractivity contribution in [2.24, 2.45) is 0 Å². The number of aromatic nitrogens is 4. The van der Waals surface area contributed by atoms with Gasteiger partial charge in [-0.25, -0.2) is 4.98 Å². The fraction of sp³-hybridized carbons (Fsp3) is 0.364. The number of H-pyrrole nitrogens is 1. The Morgan fingerprint density at radius 2 is 2.09 bits per heavy atom. The molecule has 4 heterocycles. The van der Waals surface area contributed by atoms with Crippen molar-refractivity contribution < 1.29 is 14.1 Å². The van der Waals surface area contributed by atoms with E-state index in [1.807, 2.05) is 35.0 Å². The zero-order valence-electron chi connectivity index (χ0n) is 17.5. The van der Waals surface area contributed by atoms with Crippen molar-refractivity contribution in [1.82, 2.24) is 25.0 Å². The molecule has 0 saturated carbocycles. The largest absolute Gasteiger partial charge is 0.379 e. The number of hydrogen-bond acceptors (Lipinski definition) is 8. The van der Waals surface area contributed by atoms with Gasteiger partial charge in [-0.05, 0) is 29.6 Å². The van der Waals surface area contributed by atoms with Gasteiger partial charge in [-0.3, -0.25) is 9.69 Å². The van der Waals surface area contributed by atoms with E-state index in [4.69, 9.17) is 9.26 Å². The lowest BCUT2D eigenvalue weighted by molar-refractivity contribution is -0.116. The first-order valence-corrected chi connectivity index (χ1v) is 11.6. The lowest BCUT2D eigenvalue weighted by atomic mass is 10.2. The summed E-state index contributed by atoms with van der Waals surface area (Å²) >= 11 is 1.57. The van der Waals surface area contributed by atoms with Crippen LogP contribution in [0.2, 0.25) is 0 Å². The molecule has 1 aromatic carbocycles. The van der Waals surface area contributed by atoms with Crippen molar-refractivity contribution in [1.29, 1.82) is 0 Å². The number of hydrogen-bond donors (Lipinski definition) is 2. The molecule has 1 aliphatic rings. The molecule has 166 valence electrons. The van der Waals surface area contributed by atoms with Gasteiger partial charge in [0, 0.05) is 55.5 Å². The zero-order valence-corrected chi connectivity index (χ0v) is 18.4. The Morgan fingerprint density at radius 1 is 1.19 bits per heavy atom. The molecule has 0 bridgehead atoms. The SMILES string of the molecule is O=C(CCc1nc(-c2ccsc2)no1)Nc1ccc2nc(CCN3CCOCC3)[nH]c2c1. The lowest BCUT2D eigenvalue weighted by Gasteiger charge is -2.25. The highest BCUT2D eigenvalue weighted by molar-refractivity contribution is 7.08. The molecular weight excluding hydrogens is 428 g/mol. The summed E-state index contributed by atoms with van der Waals surface area (Å²) in [5.74, 6) is 1.85. The Bertz CT molecular complexity index is 1180. The topological polar surface area (TPSA) is 109 Å². The van der Waals surface area contributed by atoms with E-state index >= 15 is 0 Å². The summed E-state index contributed by atoms with van der Waals surface area (Å²) < 4.78 is 10.6. The Balaban J connectivity index is 1.14. The number of benzene rings is 1. The molecule has 9 nitrogen and oxygen atoms in total. The molecule has 5 rings (SSSR count). The number of amides is 1. The fourth-order valence-corrected chi connectivity index (χ4v) is 4.29. The summed E-state index contributed by atoms with van der Waals surface area (Å²) in [5, 5.41) is 10.8. The van der Waals surface area contributed by atoms with Crippen LogP contribution >= 0.6 is 11.3 Å². The minimum Gasteiger partial charge on any atom is -0.379 e. The summed E-state index contributed by atoms with van der Waals surface area (Å²) in [7, 11) is 0. The fourth-order valence-electron chi connectivity index (χ4n) is 3.66. The predicted octanol–water partition coefficient (Wildman–Crippen LogP) is 3.12. The number of thiophene rings is 1. The number of rotatable bonds is 8. The van der Waals surface area contributed by atoms with Crippen LogP contribution in [0.1, 0.15) is 18.1 Å². The summed E-state index contributed by atoms with van der Waals surface area (Å²) in [5.41, 5.74) is 3.46. The molecule has 0 atom stereocenters. The van der Waals surface area contributed by atoms with Crippen LogP contribution in [0.4, 0.5) is 5.69 Å². The van der Waals surface area contributed by atoms with E-state index in [2.05, 4.69) is 30.3 Å². The number of aryl methyl sites for hydroxylation is 1. The number of fused-ring (bicyclic) bond motifs is 1. The third kappa shape index (κ3) is 5.04. The van der Waals surface area contributed by atoms with Gasteiger partial charge in [-0.1, -0.05) is 5.16 Å². The average molecular weight is 453 g/mol. The first-order chi connectivity index (χ1) is 15.7. The van der Waals surface area contributed by atoms with Gasteiger partial charge in [0.15, 0.2) is 0 Å². The molecule has 1 saturated heterocycles. The van der Waals surface area contributed by atoms with Crippen molar-refractivity contribution >= 4 is 34.0 Å². The van der Waals surface area contributed by atoms with E-state index in [-0.39, 0.29) is 12.3 Å². The standard InChI is InChI=1S/C22H24N6O3S/c29-20(3-4-21-26-22(27-31-21)15-6-12-32-14-15)23-16-1-2-17-18(13-16)25-19(24-17)5-7-28-8-10-30-11-9-28/h1-2,6,12-14H,3-5,7-11H2,(H,23,29)(H,24,25).